The summed E-state index contributed by atoms with van der Waals surface area (Å²) in [5.41, 5.74) is -0.0186. The highest BCUT2D eigenvalue weighted by atomic mass is 19.4. The molecule has 2 aliphatic heterocycles. The average molecular weight is 505 g/mol. The molecule has 3 heterocycles. The lowest BCUT2D eigenvalue weighted by Gasteiger charge is -2.44. The highest BCUT2D eigenvalue weighted by Gasteiger charge is 2.50. The summed E-state index contributed by atoms with van der Waals surface area (Å²) in [6.45, 7) is 3.00. The second-order valence-corrected chi connectivity index (χ2v) is 10.4. The molecule has 0 bridgehead atoms. The first kappa shape index (κ1) is 26.2. The Morgan fingerprint density at radius 1 is 1.26 bits per heavy atom. The van der Waals surface area contributed by atoms with E-state index in [1.807, 2.05) is 6.92 Å². The van der Waals surface area contributed by atoms with Crippen LogP contribution in [0.1, 0.15) is 39.0 Å². The zero-order valence-corrected chi connectivity index (χ0v) is 19.9. The Morgan fingerprint density at radius 2 is 2.00 bits per heavy atom. The number of aromatic nitrogens is 1. The van der Waals surface area contributed by atoms with E-state index >= 15 is 0 Å². The van der Waals surface area contributed by atoms with Crippen molar-refractivity contribution in [3.8, 4) is 0 Å². The molecule has 4 rings (SSSR count). The number of alkyl halides is 4. The molecule has 0 radical (unpaired) electrons. The summed E-state index contributed by atoms with van der Waals surface area (Å²) < 4.78 is 61.6. The van der Waals surface area contributed by atoms with Gasteiger partial charge in [-0.3, -0.25) is 25.4 Å². The molecule has 35 heavy (non-hydrogen) atoms. The molecule has 1 aliphatic carbocycles. The molecule has 0 aromatic carbocycles. The van der Waals surface area contributed by atoms with Crippen LogP contribution in [-0.4, -0.2) is 60.7 Å². The molecule has 5 unspecified atom stereocenters. The zero-order chi connectivity index (χ0) is 25.2. The van der Waals surface area contributed by atoms with Crippen LogP contribution in [0.2, 0.25) is 0 Å². The molecular weight excluding hydrogens is 468 g/mol. The van der Waals surface area contributed by atoms with Crippen LogP contribution in [0, 0.1) is 29.1 Å². The predicted molar refractivity (Wildman–Crippen MR) is 120 cm³/mol. The van der Waals surface area contributed by atoms with Gasteiger partial charge in [0.1, 0.15) is 18.5 Å². The number of carbonyl (C=O) groups is 1. The Morgan fingerprint density at radius 3 is 2.66 bits per heavy atom. The van der Waals surface area contributed by atoms with E-state index in [0.29, 0.717) is 45.2 Å². The van der Waals surface area contributed by atoms with Gasteiger partial charge in [0, 0.05) is 31.7 Å². The quantitative estimate of drug-likeness (QED) is 0.381. The highest BCUT2D eigenvalue weighted by Crippen LogP contribution is 2.44. The van der Waals surface area contributed by atoms with E-state index in [4.69, 9.17) is 9.83 Å². The van der Waals surface area contributed by atoms with Gasteiger partial charge in [-0.15, -0.1) is 0 Å². The fraction of sp³-hybridized carbons (Fsp3) is 0.826. The van der Waals surface area contributed by atoms with Crippen molar-refractivity contribution in [2.45, 2.75) is 76.2 Å². The van der Waals surface area contributed by atoms with Crippen LogP contribution in [0.5, 0.6) is 0 Å². The van der Waals surface area contributed by atoms with Crippen LogP contribution in [0.4, 0.5) is 17.6 Å². The first-order chi connectivity index (χ1) is 16.6. The molecule has 3 fully saturated rings. The molecule has 3 aliphatic rings. The van der Waals surface area contributed by atoms with Gasteiger partial charge in [-0.1, -0.05) is 0 Å². The zero-order valence-electron chi connectivity index (χ0n) is 19.9. The number of hydrogen-bond acceptors (Lipinski definition) is 6. The van der Waals surface area contributed by atoms with Crippen molar-refractivity contribution >= 4 is 5.91 Å². The summed E-state index contributed by atoms with van der Waals surface area (Å²) in [6, 6.07) is -1.88. The summed E-state index contributed by atoms with van der Waals surface area (Å²) in [7, 11) is 0. The van der Waals surface area contributed by atoms with Crippen molar-refractivity contribution in [1.29, 1.82) is 5.41 Å². The lowest BCUT2D eigenvalue weighted by Crippen LogP contribution is -2.62. The van der Waals surface area contributed by atoms with E-state index in [1.165, 1.54) is 6.26 Å². The summed E-state index contributed by atoms with van der Waals surface area (Å²) in [4.78, 5) is 13.3. The second-order valence-electron chi connectivity index (χ2n) is 10.4. The van der Waals surface area contributed by atoms with Crippen molar-refractivity contribution in [3.05, 3.63) is 18.1 Å². The standard InChI is InChI=1S/C23H36F4N6O2/c1-13(20-30-10-17(24)11-31-20)32-21(34)16-8-14(12-33-5-6-35-22(33)28)7-15(9-16)18-3-2-4-29-19(18)23(25,26)27/h5-6,13-20,28-31H,2-4,7-12H2,1H3,(H,32,34)/t13-,14?,15?,16?,17?,18?,19?,20?/m0/s1. The number of oxazole rings is 1. The summed E-state index contributed by atoms with van der Waals surface area (Å²) in [5.74, 6) is -1.53. The lowest BCUT2D eigenvalue weighted by atomic mass is 9.66. The Balaban J connectivity index is 1.48. The SMILES string of the molecule is C[C@H](NC(=O)C1CC(Cn2ccoc2=N)CC(C2CCCNC2C(F)(F)F)C1)C1NCC(F)CN1. The molecule has 5 N–H and O–H groups in total. The highest BCUT2D eigenvalue weighted by molar-refractivity contribution is 5.79. The van der Waals surface area contributed by atoms with Crippen LogP contribution < -0.4 is 27.0 Å². The van der Waals surface area contributed by atoms with Crippen LogP contribution in [0.3, 0.4) is 0 Å². The van der Waals surface area contributed by atoms with Gasteiger partial charge >= 0.3 is 6.18 Å². The number of nitrogens with one attached hydrogen (secondary N) is 5. The molecule has 0 spiro atoms. The van der Waals surface area contributed by atoms with Gasteiger partial charge in [0.05, 0.1) is 12.2 Å². The fourth-order valence-corrected chi connectivity index (χ4v) is 6.14. The average Bonchev–Trinajstić information content (AvgIpc) is 3.22. The predicted octanol–water partition coefficient (Wildman–Crippen LogP) is 1.89. The maximum absolute atomic E-state index is 13.8. The molecule has 2 saturated heterocycles. The number of carbonyl (C=O) groups excluding carboxylic acids is 1. The van der Waals surface area contributed by atoms with Crippen molar-refractivity contribution in [2.75, 3.05) is 19.6 Å². The van der Waals surface area contributed by atoms with Crippen LogP contribution in [0.15, 0.2) is 16.9 Å². The minimum atomic E-state index is -4.34. The van der Waals surface area contributed by atoms with Gasteiger partial charge in [-0.05, 0) is 63.3 Å². The Bertz CT molecular complexity index is 897. The maximum atomic E-state index is 13.8. The van der Waals surface area contributed by atoms with Crippen molar-refractivity contribution < 1.29 is 26.8 Å². The van der Waals surface area contributed by atoms with Gasteiger partial charge < -0.3 is 15.1 Å². The van der Waals surface area contributed by atoms with Crippen molar-refractivity contribution in [3.63, 3.8) is 0 Å². The number of nitrogens with zero attached hydrogens (tertiary/aromatic N) is 1. The molecule has 6 atom stereocenters. The summed E-state index contributed by atoms with van der Waals surface area (Å²) in [5, 5.41) is 19.7. The van der Waals surface area contributed by atoms with Gasteiger partial charge in [0.25, 0.3) is 5.68 Å². The lowest BCUT2D eigenvalue weighted by molar-refractivity contribution is -0.179. The Hall–Kier alpha value is -1.92. The van der Waals surface area contributed by atoms with E-state index in [9.17, 15) is 22.4 Å². The molecule has 12 heteroatoms. The monoisotopic (exact) mass is 504 g/mol. The second kappa shape index (κ2) is 11.0. The van der Waals surface area contributed by atoms with E-state index < -0.39 is 30.2 Å². The number of amides is 1. The van der Waals surface area contributed by atoms with Gasteiger partial charge in [0.15, 0.2) is 0 Å². The van der Waals surface area contributed by atoms with Gasteiger partial charge in [-0.25, -0.2) is 4.39 Å². The molecular formula is C23H36F4N6O2. The molecule has 1 saturated carbocycles. The largest absolute Gasteiger partial charge is 0.432 e. The number of piperidine rings is 1. The van der Waals surface area contributed by atoms with E-state index in [1.54, 1.807) is 10.8 Å². The van der Waals surface area contributed by atoms with Crippen LogP contribution in [0.25, 0.3) is 0 Å². The fourth-order valence-electron chi connectivity index (χ4n) is 6.14. The molecule has 1 amide bonds. The minimum absolute atomic E-state index is 0.0186. The third-order valence-electron chi connectivity index (χ3n) is 7.80. The van der Waals surface area contributed by atoms with Crippen LogP contribution >= 0.6 is 0 Å². The van der Waals surface area contributed by atoms with Crippen molar-refractivity contribution in [2.24, 2.45) is 23.7 Å². The Labute approximate surface area is 202 Å². The van der Waals surface area contributed by atoms with E-state index in [-0.39, 0.29) is 48.7 Å². The number of hydrogen-bond donors (Lipinski definition) is 5. The van der Waals surface area contributed by atoms with E-state index in [2.05, 4.69) is 21.3 Å². The number of rotatable bonds is 6. The summed E-state index contributed by atoms with van der Waals surface area (Å²) >= 11 is 0. The Kier molecular flexibility index (Phi) is 8.22. The van der Waals surface area contributed by atoms with E-state index in [0.717, 1.165) is 0 Å². The normalized spacial score (nSPS) is 35.4. The minimum Gasteiger partial charge on any atom is -0.432 e. The third-order valence-corrected chi connectivity index (χ3v) is 7.80. The van der Waals surface area contributed by atoms with Gasteiger partial charge in [-0.2, -0.15) is 13.2 Å². The number of halogens is 4. The smallest absolute Gasteiger partial charge is 0.404 e. The maximum Gasteiger partial charge on any atom is 0.404 e. The first-order valence-corrected chi connectivity index (χ1v) is 12.5. The topological polar surface area (TPSA) is 107 Å². The van der Waals surface area contributed by atoms with Crippen molar-refractivity contribution in [1.82, 2.24) is 25.8 Å². The van der Waals surface area contributed by atoms with Crippen LogP contribution in [-0.2, 0) is 11.3 Å². The molecule has 8 nitrogen and oxygen atoms in total. The van der Waals surface area contributed by atoms with Gasteiger partial charge in [0.2, 0.25) is 5.91 Å². The molecule has 198 valence electrons. The third kappa shape index (κ3) is 6.45. The molecule has 1 aromatic heterocycles. The first-order valence-electron chi connectivity index (χ1n) is 12.5. The molecule has 1 aromatic rings. The summed E-state index contributed by atoms with van der Waals surface area (Å²) in [6.07, 6.45) is 0.0960.